The van der Waals surface area contributed by atoms with Crippen molar-refractivity contribution < 1.29 is 5.11 Å². The fourth-order valence-electron chi connectivity index (χ4n) is 3.94. The first-order chi connectivity index (χ1) is 13.2. The molecule has 0 bridgehead atoms. The Bertz CT molecular complexity index is 946. The zero-order valence-electron chi connectivity index (χ0n) is 15.4. The molecule has 0 amide bonds. The van der Waals surface area contributed by atoms with Crippen LogP contribution in [0.2, 0.25) is 5.02 Å². The van der Waals surface area contributed by atoms with Crippen molar-refractivity contribution in [2.24, 2.45) is 0 Å². The minimum atomic E-state index is 0.306. The smallest absolute Gasteiger partial charge is 0.125 e. The predicted molar refractivity (Wildman–Crippen MR) is 113 cm³/mol. The highest BCUT2D eigenvalue weighted by Crippen LogP contribution is 2.33. The average molecular weight is 381 g/mol. The molecule has 0 spiro atoms. The van der Waals surface area contributed by atoms with Gasteiger partial charge in [0.15, 0.2) is 0 Å². The third kappa shape index (κ3) is 4.05. The quantitative estimate of drug-likeness (QED) is 0.543. The topological polar surface area (TPSA) is 39.3 Å². The Morgan fingerprint density at radius 1 is 1.07 bits per heavy atom. The first kappa shape index (κ1) is 18.1. The highest BCUT2D eigenvalue weighted by molar-refractivity contribution is 6.35. The Balaban J connectivity index is 1.28. The van der Waals surface area contributed by atoms with Crippen molar-refractivity contribution in [2.75, 3.05) is 19.6 Å². The first-order valence-corrected chi connectivity index (χ1v) is 10.0. The van der Waals surface area contributed by atoms with Gasteiger partial charge in [0.05, 0.1) is 10.5 Å². The van der Waals surface area contributed by atoms with Gasteiger partial charge in [0.2, 0.25) is 0 Å². The summed E-state index contributed by atoms with van der Waals surface area (Å²) in [7, 11) is 0. The van der Waals surface area contributed by atoms with Gasteiger partial charge in [-0.1, -0.05) is 48.0 Å². The lowest BCUT2D eigenvalue weighted by Gasteiger charge is -2.26. The molecule has 0 atom stereocenters. The lowest BCUT2D eigenvalue weighted by molar-refractivity contribution is 0.295. The lowest BCUT2D eigenvalue weighted by atomic mass is 9.99. The minimum absolute atomic E-state index is 0.306. The maximum absolute atomic E-state index is 10.2. The number of benzene rings is 2. The molecule has 0 saturated heterocycles. The highest BCUT2D eigenvalue weighted by atomic mass is 35.5. The zero-order valence-corrected chi connectivity index (χ0v) is 16.2. The van der Waals surface area contributed by atoms with E-state index in [2.05, 4.69) is 46.3 Å². The largest absolute Gasteiger partial charge is 0.507 e. The fourth-order valence-corrected chi connectivity index (χ4v) is 4.15. The van der Waals surface area contributed by atoms with Gasteiger partial charge in [-0.15, -0.1) is 0 Å². The van der Waals surface area contributed by atoms with Crippen molar-refractivity contribution in [2.45, 2.75) is 25.7 Å². The monoisotopic (exact) mass is 380 g/mol. The molecule has 27 heavy (non-hydrogen) atoms. The van der Waals surface area contributed by atoms with E-state index in [1.165, 1.54) is 11.1 Å². The maximum Gasteiger partial charge on any atom is 0.125 e. The van der Waals surface area contributed by atoms with Crippen LogP contribution in [0.25, 0.3) is 16.5 Å². The summed E-state index contributed by atoms with van der Waals surface area (Å²) in [6.45, 7) is 3.28. The molecule has 0 unspecified atom stereocenters. The van der Waals surface area contributed by atoms with E-state index in [1.54, 1.807) is 12.1 Å². The summed E-state index contributed by atoms with van der Waals surface area (Å²) >= 11 is 6.21. The van der Waals surface area contributed by atoms with Crippen molar-refractivity contribution in [3.8, 4) is 5.75 Å². The number of fused-ring (bicyclic) bond motifs is 1. The van der Waals surface area contributed by atoms with Gasteiger partial charge in [-0.2, -0.15) is 0 Å². The molecule has 140 valence electrons. The van der Waals surface area contributed by atoms with Crippen LogP contribution in [0.5, 0.6) is 5.75 Å². The number of aryl methyl sites for hydroxylation is 1. The molecule has 3 aromatic rings. The number of phenols is 1. The minimum Gasteiger partial charge on any atom is -0.507 e. The number of phenolic OH excluding ortho intramolecular Hbond substituents is 1. The number of H-pyrrole nitrogens is 1. The lowest BCUT2D eigenvalue weighted by Crippen LogP contribution is -2.29. The molecule has 0 saturated carbocycles. The summed E-state index contributed by atoms with van der Waals surface area (Å²) in [4.78, 5) is 5.72. The molecule has 0 radical (unpaired) electrons. The van der Waals surface area contributed by atoms with Crippen molar-refractivity contribution >= 4 is 28.1 Å². The number of halogens is 1. The van der Waals surface area contributed by atoms with E-state index in [4.69, 9.17) is 11.6 Å². The van der Waals surface area contributed by atoms with Crippen molar-refractivity contribution in [1.82, 2.24) is 9.88 Å². The third-order valence-electron chi connectivity index (χ3n) is 5.45. The fraction of sp³-hybridized carbons (Fsp3) is 0.304. The number of aromatic hydroxyl groups is 1. The summed E-state index contributed by atoms with van der Waals surface area (Å²) in [5.41, 5.74) is 4.81. The zero-order chi connectivity index (χ0) is 18.6. The highest BCUT2D eigenvalue weighted by Gasteiger charge is 2.13. The number of unbranched alkanes of at least 4 members (excludes halogenated alkanes) is 1. The summed E-state index contributed by atoms with van der Waals surface area (Å²) in [6.07, 6.45) is 8.68. The van der Waals surface area contributed by atoms with E-state index < -0.39 is 0 Å². The number of aromatic amines is 1. The molecule has 4 heteroatoms. The number of rotatable bonds is 6. The molecule has 1 aliphatic rings. The standard InChI is InChI=1S/C23H25ClN2O/c24-20-9-10-21(27)22-19(16-25-23(20)22)8-4-5-13-26-14-11-18(12-15-26)17-6-2-1-3-7-17/h1-3,6-7,9-11,16,25,27H,4-5,8,12-15H2. The summed E-state index contributed by atoms with van der Waals surface area (Å²) in [5, 5.41) is 11.7. The second kappa shape index (κ2) is 8.20. The molecule has 3 nitrogen and oxygen atoms in total. The molecule has 2 aromatic carbocycles. The van der Waals surface area contributed by atoms with Gasteiger partial charge in [-0.05, 0) is 61.1 Å². The molecule has 1 aliphatic heterocycles. The molecular formula is C23H25ClN2O. The maximum atomic E-state index is 10.2. The van der Waals surface area contributed by atoms with Crippen LogP contribution in [-0.2, 0) is 6.42 Å². The summed E-state index contributed by atoms with van der Waals surface area (Å²) in [5.74, 6) is 0.306. The number of hydrogen-bond donors (Lipinski definition) is 2. The Morgan fingerprint density at radius 2 is 1.93 bits per heavy atom. The van der Waals surface area contributed by atoms with Gasteiger partial charge < -0.3 is 10.1 Å². The van der Waals surface area contributed by atoms with Gasteiger partial charge in [0.1, 0.15) is 5.75 Å². The molecular weight excluding hydrogens is 356 g/mol. The summed E-state index contributed by atoms with van der Waals surface area (Å²) in [6, 6.07) is 14.1. The second-order valence-corrected chi connectivity index (χ2v) is 7.64. The van der Waals surface area contributed by atoms with Gasteiger partial charge in [0, 0.05) is 24.7 Å². The number of aromatic nitrogens is 1. The van der Waals surface area contributed by atoms with Crippen LogP contribution >= 0.6 is 11.6 Å². The first-order valence-electron chi connectivity index (χ1n) is 9.66. The molecule has 0 aliphatic carbocycles. The molecule has 2 N–H and O–H groups in total. The number of nitrogens with one attached hydrogen (secondary N) is 1. The molecule has 1 aromatic heterocycles. The number of hydrogen-bond acceptors (Lipinski definition) is 2. The van der Waals surface area contributed by atoms with Crippen LogP contribution in [0.15, 0.2) is 54.7 Å². The molecule has 0 fully saturated rings. The van der Waals surface area contributed by atoms with Crippen LogP contribution in [-0.4, -0.2) is 34.6 Å². The van der Waals surface area contributed by atoms with Crippen LogP contribution in [0.1, 0.15) is 30.4 Å². The van der Waals surface area contributed by atoms with E-state index in [-0.39, 0.29) is 0 Å². The van der Waals surface area contributed by atoms with E-state index >= 15 is 0 Å². The van der Waals surface area contributed by atoms with Crippen molar-refractivity contribution in [3.63, 3.8) is 0 Å². The van der Waals surface area contributed by atoms with E-state index in [9.17, 15) is 5.11 Å². The van der Waals surface area contributed by atoms with E-state index in [0.29, 0.717) is 10.8 Å². The average Bonchev–Trinajstić information content (AvgIpc) is 3.15. The molecule has 4 rings (SSSR count). The second-order valence-electron chi connectivity index (χ2n) is 7.23. The van der Waals surface area contributed by atoms with E-state index in [1.807, 2.05) is 6.20 Å². The Labute approximate surface area is 165 Å². The van der Waals surface area contributed by atoms with E-state index in [0.717, 1.165) is 61.8 Å². The van der Waals surface area contributed by atoms with Crippen molar-refractivity contribution in [1.29, 1.82) is 0 Å². The predicted octanol–water partition coefficient (Wildman–Crippen LogP) is 5.64. The normalized spacial score (nSPS) is 15.2. The Morgan fingerprint density at radius 3 is 2.70 bits per heavy atom. The van der Waals surface area contributed by atoms with Crippen LogP contribution in [0.3, 0.4) is 0 Å². The van der Waals surface area contributed by atoms with Crippen LogP contribution in [0, 0.1) is 0 Å². The van der Waals surface area contributed by atoms with Crippen LogP contribution in [0.4, 0.5) is 0 Å². The van der Waals surface area contributed by atoms with Gasteiger partial charge >= 0.3 is 0 Å². The van der Waals surface area contributed by atoms with Gasteiger partial charge in [-0.3, -0.25) is 4.90 Å². The summed E-state index contributed by atoms with van der Waals surface area (Å²) < 4.78 is 0. The number of nitrogens with zero attached hydrogens (tertiary/aromatic N) is 1. The van der Waals surface area contributed by atoms with Gasteiger partial charge in [-0.25, -0.2) is 0 Å². The molecule has 2 heterocycles. The van der Waals surface area contributed by atoms with Crippen LogP contribution < -0.4 is 0 Å². The Hall–Kier alpha value is -2.23. The Kier molecular flexibility index (Phi) is 5.51. The third-order valence-corrected chi connectivity index (χ3v) is 5.77. The van der Waals surface area contributed by atoms with Crippen molar-refractivity contribution in [3.05, 3.63) is 70.9 Å². The van der Waals surface area contributed by atoms with Gasteiger partial charge in [0.25, 0.3) is 0 Å². The SMILES string of the molecule is Oc1ccc(Cl)c2[nH]cc(CCCCN3CC=C(c4ccccc4)CC3)c12.